The van der Waals surface area contributed by atoms with Gasteiger partial charge < -0.3 is 10.4 Å². The average molecular weight is 183 g/mol. The van der Waals surface area contributed by atoms with Gasteiger partial charge in [0.15, 0.2) is 0 Å². The van der Waals surface area contributed by atoms with Gasteiger partial charge in [-0.2, -0.15) is 5.10 Å². The molecular formula is C8H13N3O2. The maximum Gasteiger partial charge on any atom is 0.248 e. The Hall–Kier alpha value is -1.36. The molecule has 0 aliphatic heterocycles. The van der Waals surface area contributed by atoms with E-state index in [0.717, 1.165) is 5.56 Å². The molecule has 0 saturated carbocycles. The number of aliphatic hydroxyl groups is 1. The summed E-state index contributed by atoms with van der Waals surface area (Å²) >= 11 is 0. The van der Waals surface area contributed by atoms with Crippen LogP contribution in [-0.2, 0) is 18.3 Å². The van der Waals surface area contributed by atoms with Gasteiger partial charge in [-0.3, -0.25) is 9.48 Å². The molecule has 1 aromatic heterocycles. The Balaban J connectivity index is 2.54. The molecule has 1 unspecified atom stereocenters. The largest absolute Gasteiger partial charge is 0.383 e. The highest BCUT2D eigenvalue weighted by atomic mass is 16.3. The molecule has 2 N–H and O–H groups in total. The molecule has 1 amide bonds. The SMILES string of the molecule is CNC(=O)C(O)Cc1cnn(C)c1. The van der Waals surface area contributed by atoms with Gasteiger partial charge in [0, 0.05) is 26.7 Å². The first-order valence-electron chi connectivity index (χ1n) is 4.00. The number of nitrogens with zero attached hydrogens (tertiary/aromatic N) is 2. The summed E-state index contributed by atoms with van der Waals surface area (Å²) in [5, 5.41) is 15.6. The summed E-state index contributed by atoms with van der Waals surface area (Å²) in [6.45, 7) is 0. The topological polar surface area (TPSA) is 67.2 Å². The van der Waals surface area contributed by atoms with Crippen LogP contribution in [0.25, 0.3) is 0 Å². The Labute approximate surface area is 76.4 Å². The molecule has 1 heterocycles. The van der Waals surface area contributed by atoms with Crippen LogP contribution < -0.4 is 5.32 Å². The van der Waals surface area contributed by atoms with Gasteiger partial charge in [0.05, 0.1) is 6.20 Å². The van der Waals surface area contributed by atoms with Gasteiger partial charge in [0.1, 0.15) is 6.10 Å². The van der Waals surface area contributed by atoms with E-state index in [1.54, 1.807) is 24.1 Å². The maximum absolute atomic E-state index is 10.9. The van der Waals surface area contributed by atoms with Crippen LogP contribution in [0.2, 0.25) is 0 Å². The second kappa shape index (κ2) is 4.04. The van der Waals surface area contributed by atoms with E-state index in [1.807, 2.05) is 0 Å². The highest BCUT2D eigenvalue weighted by molar-refractivity contribution is 5.80. The molecule has 1 aromatic rings. The molecule has 1 atom stereocenters. The quantitative estimate of drug-likeness (QED) is 0.636. The van der Waals surface area contributed by atoms with Crippen LogP contribution >= 0.6 is 0 Å². The Morgan fingerprint density at radius 3 is 3.00 bits per heavy atom. The second-order valence-electron chi connectivity index (χ2n) is 2.86. The number of aliphatic hydroxyl groups excluding tert-OH is 1. The van der Waals surface area contributed by atoms with Crippen molar-refractivity contribution in [1.82, 2.24) is 15.1 Å². The fraction of sp³-hybridized carbons (Fsp3) is 0.500. The lowest BCUT2D eigenvalue weighted by atomic mass is 10.1. The van der Waals surface area contributed by atoms with E-state index in [2.05, 4.69) is 10.4 Å². The summed E-state index contributed by atoms with van der Waals surface area (Å²) in [5.74, 6) is -0.371. The van der Waals surface area contributed by atoms with Crippen LogP contribution in [0.4, 0.5) is 0 Å². The van der Waals surface area contributed by atoms with Crippen LogP contribution in [0.15, 0.2) is 12.4 Å². The van der Waals surface area contributed by atoms with E-state index >= 15 is 0 Å². The zero-order valence-electron chi connectivity index (χ0n) is 7.69. The van der Waals surface area contributed by atoms with Gasteiger partial charge in [-0.05, 0) is 5.56 Å². The van der Waals surface area contributed by atoms with Crippen LogP contribution in [-0.4, -0.2) is 33.9 Å². The van der Waals surface area contributed by atoms with Gasteiger partial charge in [-0.25, -0.2) is 0 Å². The van der Waals surface area contributed by atoms with Crippen LogP contribution in [0.5, 0.6) is 0 Å². The van der Waals surface area contributed by atoms with Crippen molar-refractivity contribution in [2.45, 2.75) is 12.5 Å². The minimum Gasteiger partial charge on any atom is -0.383 e. The van der Waals surface area contributed by atoms with Crippen LogP contribution in [0, 0.1) is 0 Å². The lowest BCUT2D eigenvalue weighted by molar-refractivity contribution is -0.128. The Kier molecular flexibility index (Phi) is 3.02. The molecular weight excluding hydrogens is 170 g/mol. The zero-order valence-corrected chi connectivity index (χ0v) is 7.69. The molecule has 0 aromatic carbocycles. The number of rotatable bonds is 3. The van der Waals surface area contributed by atoms with Crippen molar-refractivity contribution in [2.24, 2.45) is 7.05 Å². The molecule has 0 aliphatic rings. The number of aryl methyl sites for hydroxylation is 1. The zero-order chi connectivity index (χ0) is 9.84. The van der Waals surface area contributed by atoms with E-state index in [0.29, 0.717) is 6.42 Å². The number of carbonyl (C=O) groups is 1. The van der Waals surface area contributed by atoms with Crippen molar-refractivity contribution in [3.63, 3.8) is 0 Å². The lowest BCUT2D eigenvalue weighted by Gasteiger charge is -2.06. The van der Waals surface area contributed by atoms with Crippen molar-refractivity contribution in [3.05, 3.63) is 18.0 Å². The Morgan fingerprint density at radius 2 is 2.54 bits per heavy atom. The van der Waals surface area contributed by atoms with Gasteiger partial charge >= 0.3 is 0 Å². The summed E-state index contributed by atoms with van der Waals surface area (Å²) in [4.78, 5) is 10.9. The number of carbonyl (C=O) groups excluding carboxylic acids is 1. The fourth-order valence-corrected chi connectivity index (χ4v) is 1.06. The fourth-order valence-electron chi connectivity index (χ4n) is 1.06. The molecule has 0 saturated heterocycles. The summed E-state index contributed by atoms with van der Waals surface area (Å²) in [6.07, 6.45) is 2.71. The first kappa shape index (κ1) is 9.73. The third-order valence-electron chi connectivity index (χ3n) is 1.74. The highest BCUT2D eigenvalue weighted by Gasteiger charge is 2.14. The first-order valence-corrected chi connectivity index (χ1v) is 4.00. The molecule has 0 bridgehead atoms. The predicted octanol–water partition coefficient (Wildman–Crippen LogP) is -0.931. The van der Waals surface area contributed by atoms with Crippen molar-refractivity contribution in [2.75, 3.05) is 7.05 Å². The van der Waals surface area contributed by atoms with Crippen molar-refractivity contribution < 1.29 is 9.90 Å². The standard InChI is InChI=1S/C8H13N3O2/c1-9-8(13)7(12)3-6-4-10-11(2)5-6/h4-5,7,12H,3H2,1-2H3,(H,9,13). The molecule has 1 rings (SSSR count). The third kappa shape index (κ3) is 2.55. The first-order chi connectivity index (χ1) is 6.13. The summed E-state index contributed by atoms with van der Waals surface area (Å²) in [5.41, 5.74) is 0.846. The predicted molar refractivity (Wildman–Crippen MR) is 47.0 cm³/mol. The maximum atomic E-state index is 10.9. The lowest BCUT2D eigenvalue weighted by Crippen LogP contribution is -2.33. The Morgan fingerprint density at radius 1 is 1.85 bits per heavy atom. The highest BCUT2D eigenvalue weighted by Crippen LogP contribution is 2.01. The number of likely N-dealkylation sites (N-methyl/N-ethyl adjacent to an activating group) is 1. The van der Waals surface area contributed by atoms with Crippen LogP contribution in [0.3, 0.4) is 0 Å². The van der Waals surface area contributed by atoms with Gasteiger partial charge in [-0.15, -0.1) is 0 Å². The van der Waals surface area contributed by atoms with Crippen molar-refractivity contribution >= 4 is 5.91 Å². The minimum absolute atomic E-state index is 0.299. The number of nitrogens with one attached hydrogen (secondary N) is 1. The molecule has 0 aliphatic carbocycles. The normalized spacial score (nSPS) is 12.5. The number of amides is 1. The summed E-state index contributed by atoms with van der Waals surface area (Å²) in [6, 6.07) is 0. The molecule has 0 fully saturated rings. The van der Waals surface area contributed by atoms with Gasteiger partial charge in [-0.1, -0.05) is 0 Å². The number of hydrogen-bond acceptors (Lipinski definition) is 3. The van der Waals surface area contributed by atoms with Gasteiger partial charge in [0.2, 0.25) is 5.91 Å². The smallest absolute Gasteiger partial charge is 0.248 e. The molecule has 5 nitrogen and oxygen atoms in total. The van der Waals surface area contributed by atoms with Crippen molar-refractivity contribution in [3.8, 4) is 0 Å². The molecule has 5 heteroatoms. The molecule has 13 heavy (non-hydrogen) atoms. The van der Waals surface area contributed by atoms with E-state index in [9.17, 15) is 9.90 Å². The van der Waals surface area contributed by atoms with E-state index in [4.69, 9.17) is 0 Å². The van der Waals surface area contributed by atoms with Gasteiger partial charge in [0.25, 0.3) is 0 Å². The number of hydrogen-bond donors (Lipinski definition) is 2. The summed E-state index contributed by atoms with van der Waals surface area (Å²) < 4.78 is 1.63. The third-order valence-corrected chi connectivity index (χ3v) is 1.74. The average Bonchev–Trinajstić information content (AvgIpc) is 2.49. The van der Waals surface area contributed by atoms with E-state index in [1.165, 1.54) is 7.05 Å². The Bertz CT molecular complexity index is 295. The van der Waals surface area contributed by atoms with Crippen LogP contribution in [0.1, 0.15) is 5.56 Å². The van der Waals surface area contributed by atoms with E-state index in [-0.39, 0.29) is 5.91 Å². The number of aromatic nitrogens is 2. The molecule has 0 radical (unpaired) electrons. The summed E-state index contributed by atoms with van der Waals surface area (Å²) in [7, 11) is 3.28. The minimum atomic E-state index is -0.991. The second-order valence-corrected chi connectivity index (χ2v) is 2.86. The van der Waals surface area contributed by atoms with E-state index < -0.39 is 6.10 Å². The van der Waals surface area contributed by atoms with Crippen molar-refractivity contribution in [1.29, 1.82) is 0 Å². The molecule has 0 spiro atoms. The molecule has 72 valence electrons. The monoisotopic (exact) mass is 183 g/mol.